The Morgan fingerprint density at radius 2 is 2.35 bits per heavy atom. The maximum absolute atomic E-state index is 12.5. The summed E-state index contributed by atoms with van der Waals surface area (Å²) in [5, 5.41) is 8.65. The molecule has 0 bridgehead atoms. The van der Waals surface area contributed by atoms with Gasteiger partial charge in [-0.2, -0.15) is 0 Å². The monoisotopic (exact) mass is 259 g/mol. The van der Waals surface area contributed by atoms with Gasteiger partial charge in [0, 0.05) is 7.05 Å². The van der Waals surface area contributed by atoms with Crippen molar-refractivity contribution in [2.75, 3.05) is 11.4 Å². The van der Waals surface area contributed by atoms with Crippen molar-refractivity contribution in [3.8, 4) is 5.75 Å². The van der Waals surface area contributed by atoms with Gasteiger partial charge in [-0.1, -0.05) is 6.07 Å². The molecular formula is C10H10FNO4S. The lowest BCUT2D eigenvalue weighted by atomic mass is 10.1. The number of ether oxygens (including phenoxy) is 1. The van der Waals surface area contributed by atoms with E-state index in [-0.39, 0.29) is 31.0 Å². The molecule has 1 aromatic rings. The number of carboxylic acids is 1. The zero-order valence-corrected chi connectivity index (χ0v) is 9.74. The molecule has 0 saturated heterocycles. The highest BCUT2D eigenvalue weighted by atomic mass is 32.2. The van der Waals surface area contributed by atoms with Crippen LogP contribution in [0.4, 0.5) is 9.57 Å². The van der Waals surface area contributed by atoms with Crippen LogP contribution in [0.5, 0.6) is 5.75 Å². The number of aliphatic carboxylic acids is 1. The number of hydrogen-bond acceptors (Lipinski definition) is 5. The molecule has 0 aliphatic carbocycles. The number of nitrogens with zero attached hydrogens (tertiary/aromatic N) is 1. The van der Waals surface area contributed by atoms with Crippen LogP contribution in [0.25, 0.3) is 0 Å². The number of rotatable bonds is 6. The maximum Gasteiger partial charge on any atom is 0.307 e. The van der Waals surface area contributed by atoms with Gasteiger partial charge in [0.2, 0.25) is 0 Å². The molecular weight excluding hydrogens is 249 g/mol. The third-order valence-electron chi connectivity index (χ3n) is 2.00. The molecule has 0 aliphatic heterocycles. The number of anilines is 1. The second kappa shape index (κ2) is 6.09. The van der Waals surface area contributed by atoms with E-state index in [0.717, 1.165) is 4.31 Å². The van der Waals surface area contributed by atoms with Crippen LogP contribution in [0.15, 0.2) is 18.2 Å². The Balaban J connectivity index is 3.08. The Morgan fingerprint density at radius 3 is 2.88 bits per heavy atom. The molecule has 1 aromatic carbocycles. The van der Waals surface area contributed by atoms with Crippen LogP contribution < -0.4 is 9.04 Å². The van der Waals surface area contributed by atoms with Gasteiger partial charge in [-0.3, -0.25) is 13.9 Å². The molecule has 0 saturated carbocycles. The van der Waals surface area contributed by atoms with Crippen LogP contribution in [0, 0.1) is 0 Å². The van der Waals surface area contributed by atoms with Gasteiger partial charge >= 0.3 is 5.97 Å². The number of halogens is 1. The van der Waals surface area contributed by atoms with Crippen molar-refractivity contribution in [1.82, 2.24) is 0 Å². The lowest BCUT2D eigenvalue weighted by Gasteiger charge is -2.16. The zero-order chi connectivity index (χ0) is 12.8. The minimum absolute atomic E-state index is 0.0645. The van der Waals surface area contributed by atoms with E-state index >= 15 is 0 Å². The van der Waals surface area contributed by atoms with E-state index in [9.17, 15) is 13.5 Å². The number of carbonyl (C=O) groups is 2. The first-order chi connectivity index (χ1) is 8.08. The van der Waals surface area contributed by atoms with Gasteiger partial charge in [-0.15, -0.1) is 3.89 Å². The number of benzene rings is 1. The molecule has 0 spiro atoms. The second-order valence-corrected chi connectivity index (χ2v) is 3.84. The molecule has 1 rings (SSSR count). The molecule has 0 heterocycles. The van der Waals surface area contributed by atoms with Crippen molar-refractivity contribution >= 4 is 30.5 Å². The van der Waals surface area contributed by atoms with Crippen LogP contribution in [0.3, 0.4) is 0 Å². The average Bonchev–Trinajstić information content (AvgIpc) is 2.29. The fraction of sp³-hybridized carbons (Fsp3) is 0.200. The predicted octanol–water partition coefficient (Wildman–Crippen LogP) is 1.82. The summed E-state index contributed by atoms with van der Waals surface area (Å²) in [6.45, 7) is 0.229. The molecule has 0 aliphatic rings. The highest BCUT2D eigenvalue weighted by Crippen LogP contribution is 2.32. The summed E-state index contributed by atoms with van der Waals surface area (Å²) in [5.41, 5.74) is 0.787. The normalized spacial score (nSPS) is 9.76. The van der Waals surface area contributed by atoms with E-state index in [1.165, 1.54) is 25.2 Å². The molecule has 0 amide bonds. The fourth-order valence-corrected chi connectivity index (χ4v) is 1.50. The second-order valence-electron chi connectivity index (χ2n) is 3.15. The summed E-state index contributed by atoms with van der Waals surface area (Å²) in [6, 6.07) is 4.39. The summed E-state index contributed by atoms with van der Waals surface area (Å²) in [5.74, 6) is -0.822. The first-order valence-electron chi connectivity index (χ1n) is 4.56. The lowest BCUT2D eigenvalue weighted by Crippen LogP contribution is -2.08. The average molecular weight is 259 g/mol. The highest BCUT2D eigenvalue weighted by molar-refractivity contribution is 7.95. The Morgan fingerprint density at radius 1 is 1.65 bits per heavy atom. The topological polar surface area (TPSA) is 66.8 Å². The minimum atomic E-state index is -0.990. The van der Waals surface area contributed by atoms with Crippen molar-refractivity contribution < 1.29 is 23.3 Å². The Labute approximate surface area is 102 Å². The van der Waals surface area contributed by atoms with Crippen LogP contribution in [-0.4, -0.2) is 24.6 Å². The molecule has 1 N–H and O–H groups in total. The Kier molecular flexibility index (Phi) is 4.77. The van der Waals surface area contributed by atoms with Gasteiger partial charge in [-0.05, 0) is 17.7 Å². The van der Waals surface area contributed by atoms with E-state index in [0.29, 0.717) is 11.3 Å². The SMILES string of the molecule is CN(SF)c1cc(CC(=O)O)ccc1OC=O. The minimum Gasteiger partial charge on any atom is -0.481 e. The molecule has 7 heteroatoms. The van der Waals surface area contributed by atoms with Crippen LogP contribution in [0.2, 0.25) is 0 Å². The van der Waals surface area contributed by atoms with Crippen molar-refractivity contribution in [3.05, 3.63) is 23.8 Å². The van der Waals surface area contributed by atoms with Crippen LogP contribution >= 0.6 is 12.3 Å². The van der Waals surface area contributed by atoms with Crippen molar-refractivity contribution in [2.24, 2.45) is 0 Å². The number of hydrogen-bond donors (Lipinski definition) is 1. The molecule has 5 nitrogen and oxygen atoms in total. The Hall–Kier alpha value is -1.76. The van der Waals surface area contributed by atoms with Gasteiger partial charge in [0.05, 0.1) is 12.1 Å². The van der Waals surface area contributed by atoms with Gasteiger partial charge in [0.1, 0.15) is 0 Å². The third-order valence-corrected chi connectivity index (χ3v) is 2.40. The first-order valence-corrected chi connectivity index (χ1v) is 5.23. The first kappa shape index (κ1) is 13.3. The quantitative estimate of drug-likeness (QED) is 0.621. The van der Waals surface area contributed by atoms with E-state index in [1.807, 2.05) is 0 Å². The Bertz CT molecular complexity index is 427. The van der Waals surface area contributed by atoms with E-state index < -0.39 is 5.97 Å². The summed E-state index contributed by atoms with van der Waals surface area (Å²) in [4.78, 5) is 20.8. The smallest absolute Gasteiger partial charge is 0.307 e. The molecule has 0 aromatic heterocycles. The van der Waals surface area contributed by atoms with Gasteiger partial charge < -0.3 is 9.84 Å². The summed E-state index contributed by atoms with van der Waals surface area (Å²) >= 11 is -0.0645. The largest absolute Gasteiger partial charge is 0.481 e. The molecule has 17 heavy (non-hydrogen) atoms. The highest BCUT2D eigenvalue weighted by Gasteiger charge is 2.12. The zero-order valence-electron chi connectivity index (χ0n) is 8.92. The van der Waals surface area contributed by atoms with Crippen molar-refractivity contribution in [3.63, 3.8) is 0 Å². The molecule has 92 valence electrons. The van der Waals surface area contributed by atoms with E-state index in [2.05, 4.69) is 4.74 Å². The molecule has 0 atom stereocenters. The summed E-state index contributed by atoms with van der Waals surface area (Å²) in [7, 11) is 1.43. The third kappa shape index (κ3) is 3.63. The predicted molar refractivity (Wildman–Crippen MR) is 61.6 cm³/mol. The number of carboxylic acid groups (broad SMARTS) is 1. The van der Waals surface area contributed by atoms with Gasteiger partial charge in [0.25, 0.3) is 6.47 Å². The van der Waals surface area contributed by atoms with Crippen LogP contribution in [0.1, 0.15) is 5.56 Å². The fourth-order valence-electron chi connectivity index (χ4n) is 1.28. The standard InChI is InChI=1S/C10H10FNO4S/c1-12(17-11)8-4-7(5-10(14)15)2-3-9(8)16-6-13/h2-4,6H,5H2,1H3,(H,14,15). The molecule has 0 fully saturated rings. The van der Waals surface area contributed by atoms with Crippen molar-refractivity contribution in [1.29, 1.82) is 0 Å². The summed E-state index contributed by atoms with van der Waals surface area (Å²) in [6.07, 6.45) is -0.181. The van der Waals surface area contributed by atoms with Gasteiger partial charge in [0.15, 0.2) is 18.1 Å². The van der Waals surface area contributed by atoms with Crippen LogP contribution in [-0.2, 0) is 16.0 Å². The van der Waals surface area contributed by atoms with E-state index in [4.69, 9.17) is 5.11 Å². The van der Waals surface area contributed by atoms with Gasteiger partial charge in [-0.25, -0.2) is 0 Å². The number of carbonyl (C=O) groups excluding carboxylic acids is 1. The summed E-state index contributed by atoms with van der Waals surface area (Å²) < 4.78 is 18.3. The van der Waals surface area contributed by atoms with Crippen molar-refractivity contribution in [2.45, 2.75) is 6.42 Å². The molecule has 0 unspecified atom stereocenters. The lowest BCUT2D eigenvalue weighted by molar-refractivity contribution is -0.136. The molecule has 0 radical (unpaired) electrons. The maximum atomic E-state index is 12.5. The van der Waals surface area contributed by atoms with E-state index in [1.54, 1.807) is 0 Å².